The fourth-order valence-electron chi connectivity index (χ4n) is 5.49. The molecule has 2 heterocycles. The molecule has 1 atom stereocenters. The van der Waals surface area contributed by atoms with Crippen molar-refractivity contribution >= 4 is 11.4 Å². The van der Waals surface area contributed by atoms with Gasteiger partial charge in [-0.3, -0.25) is 9.78 Å². The van der Waals surface area contributed by atoms with Crippen molar-refractivity contribution in [1.82, 2.24) is 25.6 Å². The number of carbonyl (C=O) groups is 1. The molecule has 9 heteroatoms. The number of hydrogen-bond donors (Lipinski definition) is 2. The van der Waals surface area contributed by atoms with Gasteiger partial charge in [-0.2, -0.15) is 5.21 Å². The average Bonchev–Trinajstić information content (AvgIpc) is 3.63. The maximum atomic E-state index is 14.1. The number of tetrazole rings is 1. The molecule has 0 spiro atoms. The summed E-state index contributed by atoms with van der Waals surface area (Å²) in [4.78, 5) is 18.2. The van der Waals surface area contributed by atoms with Crippen LogP contribution in [0.2, 0.25) is 0 Å². The summed E-state index contributed by atoms with van der Waals surface area (Å²) in [6.07, 6.45) is 4.87. The standard InChI is InChI=1S/C32H25F2N5O2/c33-25-12-19(13-26(34)17-25)11-24(16-28(41)15-22-7-6-20-8-9-27(40)18-30(20)22)31-29(5-2-10-35-31)21-3-1-4-23(14-21)32-36-38-39-37-32/h1-5,7-10,12-14,17-18,24,40H,6,11,15-16H2,(H,36,37,38,39)/t24-/m1/s1. The first-order valence-corrected chi connectivity index (χ1v) is 13.2. The molecule has 0 unspecified atom stereocenters. The van der Waals surface area contributed by atoms with Crippen molar-refractivity contribution in [3.8, 4) is 28.3 Å². The highest BCUT2D eigenvalue weighted by molar-refractivity contribution is 5.92. The van der Waals surface area contributed by atoms with E-state index in [0.717, 1.165) is 39.5 Å². The first-order chi connectivity index (χ1) is 19.9. The van der Waals surface area contributed by atoms with Crippen LogP contribution in [0.15, 0.2) is 85.1 Å². The number of phenolic OH excluding ortho intramolecular Hbond substituents is 1. The van der Waals surface area contributed by atoms with Crippen LogP contribution in [0.4, 0.5) is 8.78 Å². The monoisotopic (exact) mass is 549 g/mol. The molecular weight excluding hydrogens is 524 g/mol. The van der Waals surface area contributed by atoms with E-state index in [4.69, 9.17) is 0 Å². The summed E-state index contributed by atoms with van der Waals surface area (Å²) in [6.45, 7) is 0. The Hall–Kier alpha value is -5.05. The topological polar surface area (TPSA) is 105 Å². The molecule has 7 nitrogen and oxygen atoms in total. The number of Topliss-reactive ketones (excluding diaryl/α,β-unsaturated/α-hetero) is 1. The van der Waals surface area contributed by atoms with Gasteiger partial charge in [-0.05, 0) is 82.3 Å². The second kappa shape index (κ2) is 11.2. The molecule has 5 aromatic rings. The average molecular weight is 550 g/mol. The van der Waals surface area contributed by atoms with E-state index in [1.165, 1.54) is 12.1 Å². The van der Waals surface area contributed by atoms with Gasteiger partial charge in [-0.1, -0.05) is 36.4 Å². The number of phenols is 1. The molecule has 1 aliphatic carbocycles. The molecule has 0 amide bonds. The molecule has 0 bridgehead atoms. The number of hydrogen-bond acceptors (Lipinski definition) is 6. The highest BCUT2D eigenvalue weighted by atomic mass is 19.1. The van der Waals surface area contributed by atoms with Crippen LogP contribution in [0, 0.1) is 11.6 Å². The number of nitrogens with one attached hydrogen (secondary N) is 1. The molecule has 0 aliphatic heterocycles. The van der Waals surface area contributed by atoms with Crippen LogP contribution in [0.5, 0.6) is 5.75 Å². The lowest BCUT2D eigenvalue weighted by Gasteiger charge is -2.20. The zero-order chi connectivity index (χ0) is 28.3. The van der Waals surface area contributed by atoms with Crippen LogP contribution in [-0.4, -0.2) is 36.5 Å². The van der Waals surface area contributed by atoms with E-state index in [9.17, 15) is 18.7 Å². The lowest BCUT2D eigenvalue weighted by Crippen LogP contribution is -2.13. The Morgan fingerprint density at radius 3 is 2.59 bits per heavy atom. The summed E-state index contributed by atoms with van der Waals surface area (Å²) < 4.78 is 28.3. The number of halogens is 2. The highest BCUT2D eigenvalue weighted by Crippen LogP contribution is 2.36. The summed E-state index contributed by atoms with van der Waals surface area (Å²) in [7, 11) is 0. The SMILES string of the molecule is O=C(CC1=CCc2ccc(O)cc21)C[C@@H](Cc1cc(F)cc(F)c1)c1ncccc1-c1cccc(-c2nn[nH]n2)c1. The molecule has 204 valence electrons. The van der Waals surface area contributed by atoms with E-state index in [1.54, 1.807) is 18.3 Å². The van der Waals surface area contributed by atoms with Crippen molar-refractivity contribution < 1.29 is 18.7 Å². The van der Waals surface area contributed by atoms with Crippen LogP contribution < -0.4 is 0 Å². The third kappa shape index (κ3) is 5.79. The van der Waals surface area contributed by atoms with E-state index in [-0.39, 0.29) is 30.8 Å². The number of rotatable bonds is 9. The molecular formula is C32H25F2N5O2. The minimum absolute atomic E-state index is 0.0357. The van der Waals surface area contributed by atoms with Crippen molar-refractivity contribution in [3.05, 3.63) is 119 Å². The Balaban J connectivity index is 1.34. The first-order valence-electron chi connectivity index (χ1n) is 13.2. The van der Waals surface area contributed by atoms with Crippen LogP contribution in [0.25, 0.3) is 28.1 Å². The van der Waals surface area contributed by atoms with Gasteiger partial charge < -0.3 is 5.11 Å². The highest BCUT2D eigenvalue weighted by Gasteiger charge is 2.25. The molecule has 0 fully saturated rings. The van der Waals surface area contributed by atoms with Crippen molar-refractivity contribution in [1.29, 1.82) is 0 Å². The number of nitrogens with zero attached hydrogens (tertiary/aromatic N) is 4. The van der Waals surface area contributed by atoms with E-state index in [1.807, 2.05) is 48.5 Å². The van der Waals surface area contributed by atoms with Gasteiger partial charge in [0.15, 0.2) is 0 Å². The number of pyridine rings is 1. The number of benzene rings is 3. The Bertz CT molecular complexity index is 1750. The van der Waals surface area contributed by atoms with Gasteiger partial charge in [0.2, 0.25) is 5.82 Å². The zero-order valence-electron chi connectivity index (χ0n) is 21.9. The number of H-pyrrole nitrogens is 1. The number of aromatic nitrogens is 5. The third-order valence-electron chi connectivity index (χ3n) is 7.28. The summed E-state index contributed by atoms with van der Waals surface area (Å²) in [6, 6.07) is 19.9. The Morgan fingerprint density at radius 2 is 1.78 bits per heavy atom. The number of allylic oxidation sites excluding steroid dienone is 2. The van der Waals surface area contributed by atoms with Gasteiger partial charge in [0.05, 0.1) is 5.69 Å². The maximum absolute atomic E-state index is 14.1. The van der Waals surface area contributed by atoms with Gasteiger partial charge in [-0.15, -0.1) is 10.2 Å². The molecule has 1 aliphatic rings. The molecule has 41 heavy (non-hydrogen) atoms. The van der Waals surface area contributed by atoms with Gasteiger partial charge in [0.25, 0.3) is 0 Å². The Kier molecular flexibility index (Phi) is 7.16. The van der Waals surface area contributed by atoms with E-state index < -0.39 is 17.6 Å². The Labute approximate surface area is 234 Å². The molecule has 2 aromatic heterocycles. The van der Waals surface area contributed by atoms with Gasteiger partial charge in [0.1, 0.15) is 23.2 Å². The first kappa shape index (κ1) is 26.2. The van der Waals surface area contributed by atoms with Crippen molar-refractivity contribution in [2.24, 2.45) is 0 Å². The van der Waals surface area contributed by atoms with Crippen molar-refractivity contribution in [2.75, 3.05) is 0 Å². The fourth-order valence-corrected chi connectivity index (χ4v) is 5.49. The van der Waals surface area contributed by atoms with E-state index in [0.29, 0.717) is 23.5 Å². The minimum atomic E-state index is -0.674. The van der Waals surface area contributed by atoms with Crippen LogP contribution in [0.1, 0.15) is 41.1 Å². The van der Waals surface area contributed by atoms with Gasteiger partial charge in [-0.25, -0.2) is 8.78 Å². The maximum Gasteiger partial charge on any atom is 0.204 e. The molecule has 0 saturated heterocycles. The van der Waals surface area contributed by atoms with Crippen LogP contribution >= 0.6 is 0 Å². The summed E-state index contributed by atoms with van der Waals surface area (Å²) >= 11 is 0. The third-order valence-corrected chi connectivity index (χ3v) is 7.28. The van der Waals surface area contributed by atoms with Crippen LogP contribution in [-0.2, 0) is 17.6 Å². The normalized spacial score (nSPS) is 13.1. The van der Waals surface area contributed by atoms with E-state index >= 15 is 0 Å². The van der Waals surface area contributed by atoms with E-state index in [2.05, 4.69) is 25.6 Å². The predicted octanol–water partition coefficient (Wildman–Crippen LogP) is 6.23. The second-order valence-electron chi connectivity index (χ2n) is 10.1. The zero-order valence-corrected chi connectivity index (χ0v) is 21.9. The number of aromatic amines is 1. The molecule has 6 rings (SSSR count). The quantitative estimate of drug-likeness (QED) is 0.226. The molecule has 2 N–H and O–H groups in total. The fraction of sp³-hybridized carbons (Fsp3) is 0.156. The predicted molar refractivity (Wildman–Crippen MR) is 150 cm³/mol. The van der Waals surface area contributed by atoms with Crippen LogP contribution in [0.3, 0.4) is 0 Å². The second-order valence-corrected chi connectivity index (χ2v) is 10.1. The largest absolute Gasteiger partial charge is 0.508 e. The Morgan fingerprint density at radius 1 is 0.951 bits per heavy atom. The number of carbonyl (C=O) groups excluding carboxylic acids is 1. The number of aromatic hydroxyl groups is 1. The van der Waals surface area contributed by atoms with Crippen molar-refractivity contribution in [3.63, 3.8) is 0 Å². The number of ketones is 1. The lowest BCUT2D eigenvalue weighted by molar-refractivity contribution is -0.118. The number of fused-ring (bicyclic) bond motifs is 1. The summed E-state index contributed by atoms with van der Waals surface area (Å²) in [5.74, 6) is -1.25. The summed E-state index contributed by atoms with van der Waals surface area (Å²) in [5, 5.41) is 24.2. The minimum Gasteiger partial charge on any atom is -0.508 e. The molecule has 0 saturated carbocycles. The molecule has 3 aromatic carbocycles. The smallest absolute Gasteiger partial charge is 0.204 e. The molecule has 0 radical (unpaired) electrons. The van der Waals surface area contributed by atoms with Gasteiger partial charge in [0, 0.05) is 42.1 Å². The summed E-state index contributed by atoms with van der Waals surface area (Å²) in [5.41, 5.74) is 6.27. The lowest BCUT2D eigenvalue weighted by atomic mass is 9.85. The van der Waals surface area contributed by atoms with Crippen molar-refractivity contribution in [2.45, 2.75) is 31.6 Å². The van der Waals surface area contributed by atoms with Gasteiger partial charge >= 0.3 is 0 Å².